The van der Waals surface area contributed by atoms with Gasteiger partial charge in [0.05, 0.1) is 16.7 Å². The van der Waals surface area contributed by atoms with E-state index >= 15 is 0 Å². The van der Waals surface area contributed by atoms with E-state index < -0.39 is 10.8 Å². The van der Waals surface area contributed by atoms with Crippen LogP contribution >= 0.6 is 0 Å². The number of amides is 1. The Balaban J connectivity index is 2.01. The number of carbonyl (C=O) groups excluding carboxylic acids is 1. The third kappa shape index (κ3) is 3.10. The number of hydrogen-bond acceptors (Lipinski definition) is 6. The Morgan fingerprint density at radius 1 is 1.55 bits per heavy atom. The average Bonchev–Trinajstić information content (AvgIpc) is 2.92. The molecule has 104 valence electrons. The fraction of sp³-hybridized carbons (Fsp3) is 0.167. The van der Waals surface area contributed by atoms with Gasteiger partial charge in [0.2, 0.25) is 0 Å². The molecule has 0 aliphatic rings. The number of hydrogen-bond donors (Lipinski definition) is 2. The number of anilines is 1. The molecule has 0 fully saturated rings. The fourth-order valence-corrected chi connectivity index (χ4v) is 1.60. The highest BCUT2D eigenvalue weighted by Gasteiger charge is 2.16. The number of aromatic nitrogens is 1. The van der Waals surface area contributed by atoms with Crippen molar-refractivity contribution in [2.24, 2.45) is 0 Å². The van der Waals surface area contributed by atoms with E-state index in [-0.39, 0.29) is 17.1 Å². The SMILES string of the molecule is Nc1ncc([N+](=O)[O-])cc1C(=O)NCCc1ccco1. The summed E-state index contributed by atoms with van der Waals surface area (Å²) in [6, 6.07) is 4.64. The molecule has 8 heteroatoms. The molecule has 0 aliphatic heterocycles. The van der Waals surface area contributed by atoms with Crippen molar-refractivity contribution >= 4 is 17.4 Å². The minimum atomic E-state index is -0.633. The molecule has 8 nitrogen and oxygen atoms in total. The zero-order chi connectivity index (χ0) is 14.5. The minimum Gasteiger partial charge on any atom is -0.469 e. The molecule has 0 spiro atoms. The monoisotopic (exact) mass is 276 g/mol. The largest absolute Gasteiger partial charge is 0.469 e. The summed E-state index contributed by atoms with van der Waals surface area (Å²) in [5.41, 5.74) is 5.25. The maximum atomic E-state index is 11.9. The highest BCUT2D eigenvalue weighted by Crippen LogP contribution is 2.16. The highest BCUT2D eigenvalue weighted by molar-refractivity contribution is 5.98. The third-order valence-corrected chi connectivity index (χ3v) is 2.60. The van der Waals surface area contributed by atoms with E-state index in [0.29, 0.717) is 13.0 Å². The normalized spacial score (nSPS) is 10.2. The van der Waals surface area contributed by atoms with Gasteiger partial charge in [-0.1, -0.05) is 0 Å². The average molecular weight is 276 g/mol. The quantitative estimate of drug-likeness (QED) is 0.623. The van der Waals surface area contributed by atoms with Gasteiger partial charge in [-0.3, -0.25) is 14.9 Å². The van der Waals surface area contributed by atoms with Gasteiger partial charge in [0, 0.05) is 19.0 Å². The van der Waals surface area contributed by atoms with Gasteiger partial charge in [-0.05, 0) is 12.1 Å². The Labute approximate surface area is 113 Å². The molecule has 0 saturated carbocycles. The lowest BCUT2D eigenvalue weighted by Crippen LogP contribution is -2.26. The van der Waals surface area contributed by atoms with Crippen LogP contribution in [-0.2, 0) is 6.42 Å². The van der Waals surface area contributed by atoms with E-state index in [1.165, 1.54) is 0 Å². The van der Waals surface area contributed by atoms with E-state index in [1.54, 1.807) is 18.4 Å². The lowest BCUT2D eigenvalue weighted by Gasteiger charge is -2.06. The number of nitrogens with one attached hydrogen (secondary N) is 1. The van der Waals surface area contributed by atoms with Crippen molar-refractivity contribution in [1.29, 1.82) is 0 Å². The van der Waals surface area contributed by atoms with Gasteiger partial charge in [-0.25, -0.2) is 4.98 Å². The smallest absolute Gasteiger partial charge is 0.288 e. The number of nitrogens with two attached hydrogens (primary N) is 1. The lowest BCUT2D eigenvalue weighted by atomic mass is 10.2. The summed E-state index contributed by atoms with van der Waals surface area (Å²) in [7, 11) is 0. The Hall–Kier alpha value is -2.90. The first-order valence-corrected chi connectivity index (χ1v) is 5.78. The molecule has 2 rings (SSSR count). The molecule has 0 radical (unpaired) electrons. The first-order valence-electron chi connectivity index (χ1n) is 5.78. The second kappa shape index (κ2) is 5.83. The van der Waals surface area contributed by atoms with E-state index in [2.05, 4.69) is 10.3 Å². The summed E-state index contributed by atoms with van der Waals surface area (Å²) >= 11 is 0. The Morgan fingerprint density at radius 2 is 2.35 bits per heavy atom. The maximum absolute atomic E-state index is 11.9. The van der Waals surface area contributed by atoms with Crippen LogP contribution in [-0.4, -0.2) is 22.4 Å². The van der Waals surface area contributed by atoms with Crippen LogP contribution in [0.2, 0.25) is 0 Å². The molecule has 2 heterocycles. The second-order valence-electron chi connectivity index (χ2n) is 3.97. The Kier molecular flexibility index (Phi) is 3.94. The molecule has 2 aromatic rings. The van der Waals surface area contributed by atoms with Crippen molar-refractivity contribution in [1.82, 2.24) is 10.3 Å². The van der Waals surface area contributed by atoms with Gasteiger partial charge in [0.15, 0.2) is 0 Å². The molecular weight excluding hydrogens is 264 g/mol. The number of pyridine rings is 1. The molecule has 2 aromatic heterocycles. The van der Waals surface area contributed by atoms with Crippen molar-refractivity contribution < 1.29 is 14.1 Å². The summed E-state index contributed by atoms with van der Waals surface area (Å²) in [6.45, 7) is 0.328. The van der Waals surface area contributed by atoms with Crippen LogP contribution in [0.4, 0.5) is 11.5 Å². The van der Waals surface area contributed by atoms with E-state index in [1.807, 2.05) is 0 Å². The van der Waals surface area contributed by atoms with Crippen molar-refractivity contribution in [3.8, 4) is 0 Å². The summed E-state index contributed by atoms with van der Waals surface area (Å²) in [5, 5.41) is 13.2. The number of rotatable bonds is 5. The van der Waals surface area contributed by atoms with Gasteiger partial charge in [0.1, 0.15) is 17.8 Å². The van der Waals surface area contributed by atoms with E-state index in [9.17, 15) is 14.9 Å². The van der Waals surface area contributed by atoms with Crippen LogP contribution in [0.25, 0.3) is 0 Å². The predicted octanol–water partition coefficient (Wildman–Crippen LogP) is 1.14. The molecular formula is C12H12N4O4. The van der Waals surface area contributed by atoms with Crippen LogP contribution < -0.4 is 11.1 Å². The zero-order valence-electron chi connectivity index (χ0n) is 10.4. The second-order valence-corrected chi connectivity index (χ2v) is 3.97. The third-order valence-electron chi connectivity index (χ3n) is 2.60. The van der Waals surface area contributed by atoms with Crippen LogP contribution in [0.5, 0.6) is 0 Å². The molecule has 1 amide bonds. The molecule has 0 atom stereocenters. The van der Waals surface area contributed by atoms with Crippen LogP contribution in [0.15, 0.2) is 35.1 Å². The standard InChI is InChI=1S/C12H12N4O4/c13-11-10(6-8(7-15-11)16(18)19)12(17)14-4-3-9-2-1-5-20-9/h1-2,5-7H,3-4H2,(H2,13,15)(H,14,17). The van der Waals surface area contributed by atoms with Gasteiger partial charge < -0.3 is 15.5 Å². The fourth-order valence-electron chi connectivity index (χ4n) is 1.60. The summed E-state index contributed by atoms with van der Waals surface area (Å²) in [5.74, 6) is 0.173. The molecule has 3 N–H and O–H groups in total. The zero-order valence-corrected chi connectivity index (χ0v) is 10.4. The highest BCUT2D eigenvalue weighted by atomic mass is 16.6. The molecule has 0 saturated heterocycles. The summed E-state index contributed by atoms with van der Waals surface area (Å²) in [4.78, 5) is 25.5. The van der Waals surface area contributed by atoms with Crippen molar-refractivity contribution in [2.75, 3.05) is 12.3 Å². The molecule has 0 bridgehead atoms. The molecule has 20 heavy (non-hydrogen) atoms. The number of nitro groups is 1. The van der Waals surface area contributed by atoms with Gasteiger partial charge in [-0.15, -0.1) is 0 Å². The minimum absolute atomic E-state index is 0.0151. The summed E-state index contributed by atoms with van der Waals surface area (Å²) in [6.07, 6.45) is 3.07. The predicted molar refractivity (Wildman–Crippen MR) is 70.0 cm³/mol. The van der Waals surface area contributed by atoms with Crippen LogP contribution in [0.1, 0.15) is 16.1 Å². The van der Waals surface area contributed by atoms with Gasteiger partial charge >= 0.3 is 0 Å². The van der Waals surface area contributed by atoms with Crippen LogP contribution in [0, 0.1) is 10.1 Å². The topological polar surface area (TPSA) is 124 Å². The van der Waals surface area contributed by atoms with Crippen molar-refractivity contribution in [2.45, 2.75) is 6.42 Å². The Morgan fingerprint density at radius 3 is 3.00 bits per heavy atom. The molecule has 0 aliphatic carbocycles. The number of nitrogen functional groups attached to an aromatic ring is 1. The number of nitrogens with zero attached hydrogens (tertiary/aromatic N) is 2. The first-order chi connectivity index (χ1) is 9.58. The number of furan rings is 1. The Bertz CT molecular complexity index is 624. The van der Waals surface area contributed by atoms with E-state index in [4.69, 9.17) is 10.2 Å². The van der Waals surface area contributed by atoms with Gasteiger partial charge in [0.25, 0.3) is 11.6 Å². The summed E-state index contributed by atoms with van der Waals surface area (Å²) < 4.78 is 5.12. The van der Waals surface area contributed by atoms with Gasteiger partial charge in [-0.2, -0.15) is 0 Å². The van der Waals surface area contributed by atoms with Crippen LogP contribution in [0.3, 0.4) is 0 Å². The molecule has 0 aromatic carbocycles. The maximum Gasteiger partial charge on any atom is 0.288 e. The van der Waals surface area contributed by atoms with Crippen molar-refractivity contribution in [3.63, 3.8) is 0 Å². The van der Waals surface area contributed by atoms with Crippen molar-refractivity contribution in [3.05, 3.63) is 52.1 Å². The lowest BCUT2D eigenvalue weighted by molar-refractivity contribution is -0.385. The first kappa shape index (κ1) is 13.5. The number of carbonyl (C=O) groups is 1. The molecule has 0 unspecified atom stereocenters. The van der Waals surface area contributed by atoms with E-state index in [0.717, 1.165) is 18.0 Å².